The van der Waals surface area contributed by atoms with Crippen molar-refractivity contribution in [3.05, 3.63) is 478 Å². The van der Waals surface area contributed by atoms with Crippen molar-refractivity contribution < 1.29 is 89.0 Å². The first-order chi connectivity index (χ1) is 63.0. The van der Waals surface area contributed by atoms with Gasteiger partial charge in [-0.2, -0.15) is 0 Å². The van der Waals surface area contributed by atoms with Crippen molar-refractivity contribution in [1.29, 1.82) is 0 Å². The summed E-state index contributed by atoms with van der Waals surface area (Å²) in [4.78, 5) is 42.9. The summed E-state index contributed by atoms with van der Waals surface area (Å²) in [5.41, 5.74) is 29.5. The molecular formula is C117H93N11OPt4. The average Bonchev–Trinajstić information content (AvgIpc) is 0.773. The fourth-order valence-corrected chi connectivity index (χ4v) is 14.9. The predicted molar refractivity (Wildman–Crippen MR) is 524 cm³/mol. The maximum Gasteiger partial charge on any atom is 2.00 e. The van der Waals surface area contributed by atoms with Crippen LogP contribution in [0.25, 0.3) is 90.1 Å². The van der Waals surface area contributed by atoms with Crippen LogP contribution in [0.2, 0.25) is 0 Å². The number of benzene rings is 11. The molecule has 133 heavy (non-hydrogen) atoms. The van der Waals surface area contributed by atoms with Gasteiger partial charge in [-0.15, -0.1) is 251 Å². The molecule has 19 rings (SSSR count). The Hall–Kier alpha value is -13.4. The number of pyridine rings is 8. The predicted octanol–water partition coefficient (Wildman–Crippen LogP) is 29.4. The smallest absolute Gasteiger partial charge is 0.422 e. The van der Waals surface area contributed by atoms with E-state index in [1.807, 2.05) is 274 Å². The monoisotopic (exact) mass is 2450 g/mol. The molecule has 12 nitrogen and oxygen atoms in total. The third-order valence-electron chi connectivity index (χ3n) is 21.2. The summed E-state index contributed by atoms with van der Waals surface area (Å²) in [5, 5.41) is 0. The van der Waals surface area contributed by atoms with Crippen LogP contribution in [0, 0.1) is 69.3 Å². The Morgan fingerprint density at radius 3 is 0.782 bits per heavy atom. The third kappa shape index (κ3) is 25.7. The first kappa shape index (κ1) is 98.6. The van der Waals surface area contributed by atoms with Crippen LogP contribution in [-0.4, -0.2) is 39.9 Å². The van der Waals surface area contributed by atoms with E-state index in [2.05, 4.69) is 281 Å². The molecule has 0 aliphatic heterocycles. The van der Waals surface area contributed by atoms with E-state index >= 15 is 0 Å². The molecule has 0 amide bonds. The number of aryl methyl sites for hydroxylation is 3. The van der Waals surface area contributed by atoms with E-state index in [4.69, 9.17) is 4.74 Å². The Bertz CT molecular complexity index is 6520. The van der Waals surface area contributed by atoms with E-state index < -0.39 is 0 Å². The van der Waals surface area contributed by atoms with Crippen molar-refractivity contribution in [3.63, 3.8) is 0 Å². The fraction of sp³-hybridized carbons (Fsp3) is 0.0940. The van der Waals surface area contributed by atoms with Crippen molar-refractivity contribution in [1.82, 2.24) is 39.9 Å². The number of ether oxygens (including phenoxy) is 1. The minimum absolute atomic E-state index is 0. The summed E-state index contributed by atoms with van der Waals surface area (Å²) in [6.07, 6.45) is 10.9. The maximum atomic E-state index is 5.85. The van der Waals surface area contributed by atoms with Gasteiger partial charge in [0.1, 0.15) is 0 Å². The Balaban J connectivity index is 0.000000160. The van der Waals surface area contributed by atoms with Gasteiger partial charge >= 0.3 is 84.3 Å². The van der Waals surface area contributed by atoms with Crippen LogP contribution in [-0.2, 0) is 95.1 Å². The van der Waals surface area contributed by atoms with Gasteiger partial charge < -0.3 is 49.3 Å². The molecule has 0 saturated heterocycles. The van der Waals surface area contributed by atoms with Crippen LogP contribution < -0.4 is 19.4 Å². The summed E-state index contributed by atoms with van der Waals surface area (Å²) >= 11 is 0. The summed E-state index contributed by atoms with van der Waals surface area (Å²) < 4.78 is 5.85. The Morgan fingerprint density at radius 2 is 0.504 bits per heavy atom. The summed E-state index contributed by atoms with van der Waals surface area (Å²) in [6.45, 7) is 20.1. The summed E-state index contributed by atoms with van der Waals surface area (Å²) in [5.74, 6) is 0.993. The zero-order valence-corrected chi connectivity index (χ0v) is 83.8. The molecule has 662 valence electrons. The molecule has 19 aromatic rings. The number of anilines is 9. The van der Waals surface area contributed by atoms with Crippen molar-refractivity contribution >= 4 is 51.2 Å². The molecule has 0 saturated carbocycles. The number of nitrogens with zero attached hydrogens (tertiary/aromatic N) is 11. The molecule has 0 radical (unpaired) electrons. The second kappa shape index (κ2) is 47.1. The molecule has 0 aliphatic carbocycles. The van der Waals surface area contributed by atoms with E-state index in [0.717, 1.165) is 141 Å². The van der Waals surface area contributed by atoms with E-state index in [9.17, 15) is 0 Å². The van der Waals surface area contributed by atoms with Gasteiger partial charge in [-0.3, -0.25) is 9.97 Å². The van der Waals surface area contributed by atoms with Crippen LogP contribution in [0.1, 0.15) is 69.4 Å². The number of aromatic nitrogens is 8. The zero-order valence-electron chi connectivity index (χ0n) is 74.7. The molecule has 0 unspecified atom stereocenters. The van der Waals surface area contributed by atoms with Gasteiger partial charge in [0.25, 0.3) is 0 Å². The van der Waals surface area contributed by atoms with Gasteiger partial charge in [-0.1, -0.05) is 181 Å². The van der Waals surface area contributed by atoms with Gasteiger partial charge in [0, 0.05) is 54.2 Å². The SMILES string of the molecule is CC(C)(C)c1cc(N(c2[c-]c(-c3ccccn3)ccc2)c2[c-]c(-c3ccccn3)ccc2)cc(C(C)(C)C)c1.Cc1cc(C)c(N(c2[c-]c(-c3ccccn3)ccc2)c2[c-]c(-c3ccccn3)ccc2)c(C)c1.[Pt+2].[Pt+2].[Pt+2].[Pt+2].[c-]1c(-c2ccccn2)cccc1N(c1[c-]c(-c2ccccn2)ccc1)c1ccccc1.[c-]1ccccc1-c1cccc(Oc2cccc(-c3[c-]cccc3)n2)n1. The topological polar surface area (TPSA) is 122 Å². The van der Waals surface area contributed by atoms with Crippen molar-refractivity contribution in [2.45, 2.75) is 73.1 Å². The van der Waals surface area contributed by atoms with Gasteiger partial charge in [-0.05, 0) is 206 Å². The van der Waals surface area contributed by atoms with E-state index in [-0.39, 0.29) is 95.1 Å². The van der Waals surface area contributed by atoms with Crippen LogP contribution in [0.3, 0.4) is 0 Å². The quantitative estimate of drug-likeness (QED) is 0.0716. The summed E-state index contributed by atoms with van der Waals surface area (Å²) in [6, 6.07) is 149. The molecule has 8 aromatic heterocycles. The minimum atomic E-state index is -0.0132. The fourth-order valence-electron chi connectivity index (χ4n) is 14.9. The zero-order chi connectivity index (χ0) is 88.9. The molecule has 8 heterocycles. The molecule has 0 bridgehead atoms. The van der Waals surface area contributed by atoms with Gasteiger partial charge in [0.05, 0.1) is 0 Å². The van der Waals surface area contributed by atoms with Crippen molar-refractivity contribution in [2.75, 3.05) is 14.7 Å². The third-order valence-corrected chi connectivity index (χ3v) is 21.2. The van der Waals surface area contributed by atoms with Crippen LogP contribution in [0.15, 0.2) is 401 Å². The molecule has 11 aromatic carbocycles. The second-order valence-electron chi connectivity index (χ2n) is 32.7. The van der Waals surface area contributed by atoms with E-state index in [0.29, 0.717) is 11.8 Å². The molecule has 0 N–H and O–H groups in total. The van der Waals surface area contributed by atoms with E-state index in [1.165, 1.54) is 27.8 Å². The molecule has 0 atom stereocenters. The van der Waals surface area contributed by atoms with Gasteiger partial charge in [0.2, 0.25) is 11.8 Å². The first-order valence-electron chi connectivity index (χ1n) is 42.8. The number of hydrogen-bond donors (Lipinski definition) is 0. The first-order valence-corrected chi connectivity index (χ1v) is 42.8. The normalized spacial score (nSPS) is 10.7. The molecule has 16 heteroatoms. The van der Waals surface area contributed by atoms with Crippen LogP contribution in [0.5, 0.6) is 11.8 Å². The van der Waals surface area contributed by atoms with Crippen molar-refractivity contribution in [2.24, 2.45) is 0 Å². The molecule has 0 spiro atoms. The van der Waals surface area contributed by atoms with Crippen molar-refractivity contribution in [3.8, 4) is 102 Å². The molecule has 0 fully saturated rings. The standard InChI is InChI=1S/C36H35N3.C31H25N3.C28H19N3.C22H14N2O.4Pt/c1-35(2,3)28-23-29(36(4,5)6)25-32(24-28)39(30-15-11-13-26(21-30)33-17-7-9-19-37-33)31-16-12-14-27(22-31)34-18-8-10-20-38-34;1-22-18-23(2)31(24(3)19-22)34(27-12-8-10-25(20-27)29-14-4-6-16-32-29)28-13-9-11-26(21-28)30-15-5-7-17-33-30;1-2-12-24(13-3-1)31(25-14-8-10-22(20-25)27-16-4-6-18-29-27)26-15-9-11-23(21-26)28-17-5-7-19-30-28;1-3-9-17(10-4-1)19-13-7-15-21(23-19)25-22-16-8-14-20(24-22)18-11-5-2-6-12-18;;;;/h7-20,23-25H,1-6H3;4-19H,1-3H3;1-19H;1-9,11,13-16H;;;;/q4*-2;4*+2. The number of rotatable bonds is 19. The van der Waals surface area contributed by atoms with Gasteiger partial charge in [-0.25, -0.2) is 0 Å². The summed E-state index contributed by atoms with van der Waals surface area (Å²) in [7, 11) is 0. The second-order valence-corrected chi connectivity index (χ2v) is 32.7. The number of hydrogen-bond acceptors (Lipinski definition) is 12. The largest absolute Gasteiger partial charge is 2.00 e. The van der Waals surface area contributed by atoms with Crippen LogP contribution >= 0.6 is 0 Å². The van der Waals surface area contributed by atoms with Gasteiger partial charge in [0.15, 0.2) is 0 Å². The molecule has 0 aliphatic rings. The number of para-hydroxylation sites is 1. The maximum absolute atomic E-state index is 5.85. The Kier molecular flexibility index (Phi) is 34.9. The van der Waals surface area contributed by atoms with E-state index in [1.54, 1.807) is 12.4 Å². The Labute approximate surface area is 839 Å². The minimum Gasteiger partial charge on any atom is -0.422 e. The van der Waals surface area contributed by atoms with Crippen LogP contribution in [0.4, 0.5) is 51.2 Å². The average molecular weight is 2450 g/mol. The Morgan fingerprint density at radius 1 is 0.241 bits per heavy atom. The molecular weight excluding hydrogens is 2360 g/mol.